The fourth-order valence-electron chi connectivity index (χ4n) is 3.01. The second-order valence-corrected chi connectivity index (χ2v) is 8.02. The molecule has 1 saturated heterocycles. The van der Waals surface area contributed by atoms with Crippen molar-refractivity contribution in [2.75, 3.05) is 18.0 Å². The van der Waals surface area contributed by atoms with Gasteiger partial charge in [-0.25, -0.2) is 4.79 Å². The van der Waals surface area contributed by atoms with Gasteiger partial charge in [0.15, 0.2) is 6.10 Å². The molecule has 0 aromatic heterocycles. The Morgan fingerprint density at radius 1 is 1.22 bits per heavy atom. The van der Waals surface area contributed by atoms with Gasteiger partial charge in [-0.05, 0) is 64.8 Å². The first kappa shape index (κ1) is 20.7. The van der Waals surface area contributed by atoms with E-state index < -0.39 is 17.6 Å². The van der Waals surface area contributed by atoms with E-state index in [0.717, 1.165) is 25.1 Å². The van der Waals surface area contributed by atoms with Crippen LogP contribution in [0.5, 0.6) is 0 Å². The number of rotatable bonds is 5. The molecule has 1 aliphatic heterocycles. The average Bonchev–Trinajstić information content (AvgIpc) is 2.60. The normalized spacial score (nSPS) is 18.5. The summed E-state index contributed by atoms with van der Waals surface area (Å²) < 4.78 is 5.25. The molecule has 27 heavy (non-hydrogen) atoms. The number of nitrogens with zero attached hydrogens (tertiary/aromatic N) is 1. The van der Waals surface area contributed by atoms with Gasteiger partial charge in [-0.1, -0.05) is 0 Å². The third-order valence-corrected chi connectivity index (χ3v) is 4.44. The SMILES string of the molecule is C[C@H](OC(=O)c1ccc(N2CCC[C@@H](C(N)=O)C2)cc1)C(=O)NC(C)(C)C. The highest BCUT2D eigenvalue weighted by atomic mass is 16.5. The van der Waals surface area contributed by atoms with E-state index in [9.17, 15) is 14.4 Å². The molecule has 1 aromatic rings. The summed E-state index contributed by atoms with van der Waals surface area (Å²) in [5, 5.41) is 2.78. The molecule has 1 aromatic carbocycles. The minimum atomic E-state index is -0.880. The topological polar surface area (TPSA) is 102 Å². The molecule has 7 heteroatoms. The number of esters is 1. The summed E-state index contributed by atoms with van der Waals surface area (Å²) in [5.74, 6) is -1.31. The van der Waals surface area contributed by atoms with Gasteiger partial charge >= 0.3 is 5.97 Å². The minimum Gasteiger partial charge on any atom is -0.449 e. The van der Waals surface area contributed by atoms with Crippen molar-refractivity contribution in [1.29, 1.82) is 0 Å². The van der Waals surface area contributed by atoms with Crippen LogP contribution in [0.15, 0.2) is 24.3 Å². The number of ether oxygens (including phenoxy) is 1. The molecular formula is C20H29N3O4. The molecule has 2 amide bonds. The lowest BCUT2D eigenvalue weighted by Gasteiger charge is -2.33. The molecule has 0 aliphatic carbocycles. The van der Waals surface area contributed by atoms with Crippen molar-refractivity contribution in [3.63, 3.8) is 0 Å². The molecule has 2 rings (SSSR count). The Kier molecular flexibility index (Phi) is 6.46. The van der Waals surface area contributed by atoms with Crippen LogP contribution in [0.2, 0.25) is 0 Å². The fourth-order valence-corrected chi connectivity index (χ4v) is 3.01. The maximum atomic E-state index is 12.3. The van der Waals surface area contributed by atoms with Crippen LogP contribution >= 0.6 is 0 Å². The van der Waals surface area contributed by atoms with Gasteiger partial charge in [0.2, 0.25) is 5.91 Å². The summed E-state index contributed by atoms with van der Waals surface area (Å²) in [6.07, 6.45) is 0.831. The first-order valence-electron chi connectivity index (χ1n) is 9.24. The standard InChI is InChI=1S/C20H29N3O4/c1-13(18(25)22-20(2,3)4)27-19(26)14-7-9-16(10-8-14)23-11-5-6-15(12-23)17(21)24/h7-10,13,15H,5-6,11-12H2,1-4H3,(H2,21,24)(H,22,25)/t13-,15+/m0/s1. The molecule has 1 heterocycles. The van der Waals surface area contributed by atoms with Crippen molar-refractivity contribution in [2.45, 2.75) is 52.2 Å². The van der Waals surface area contributed by atoms with Gasteiger partial charge in [0, 0.05) is 24.3 Å². The van der Waals surface area contributed by atoms with Gasteiger partial charge < -0.3 is 20.7 Å². The van der Waals surface area contributed by atoms with E-state index in [-0.39, 0.29) is 17.7 Å². The molecule has 1 fully saturated rings. The van der Waals surface area contributed by atoms with Crippen LogP contribution in [0.4, 0.5) is 5.69 Å². The summed E-state index contributed by atoms with van der Waals surface area (Å²) >= 11 is 0. The predicted octanol–water partition coefficient (Wildman–Crippen LogP) is 1.85. The van der Waals surface area contributed by atoms with Crippen molar-refractivity contribution < 1.29 is 19.1 Å². The molecular weight excluding hydrogens is 346 g/mol. The predicted molar refractivity (Wildman–Crippen MR) is 103 cm³/mol. The Morgan fingerprint density at radius 3 is 2.41 bits per heavy atom. The van der Waals surface area contributed by atoms with Crippen molar-refractivity contribution in [1.82, 2.24) is 5.32 Å². The smallest absolute Gasteiger partial charge is 0.338 e. The number of anilines is 1. The second-order valence-electron chi connectivity index (χ2n) is 8.02. The van der Waals surface area contributed by atoms with Crippen molar-refractivity contribution in [3.05, 3.63) is 29.8 Å². The number of amides is 2. The van der Waals surface area contributed by atoms with Gasteiger partial charge in [0.05, 0.1) is 11.5 Å². The Labute approximate surface area is 160 Å². The number of nitrogens with one attached hydrogen (secondary N) is 1. The van der Waals surface area contributed by atoms with E-state index in [0.29, 0.717) is 12.1 Å². The third-order valence-electron chi connectivity index (χ3n) is 4.44. The number of primary amides is 1. The zero-order valence-corrected chi connectivity index (χ0v) is 16.5. The first-order valence-corrected chi connectivity index (χ1v) is 9.24. The Hall–Kier alpha value is -2.57. The molecule has 148 valence electrons. The quantitative estimate of drug-likeness (QED) is 0.765. The van der Waals surface area contributed by atoms with E-state index in [2.05, 4.69) is 10.2 Å². The van der Waals surface area contributed by atoms with Crippen LogP contribution in [-0.4, -0.2) is 42.5 Å². The van der Waals surface area contributed by atoms with Crippen LogP contribution in [0, 0.1) is 5.92 Å². The van der Waals surface area contributed by atoms with E-state index in [1.54, 1.807) is 19.1 Å². The number of benzene rings is 1. The van der Waals surface area contributed by atoms with Crippen LogP contribution in [-0.2, 0) is 14.3 Å². The molecule has 0 radical (unpaired) electrons. The van der Waals surface area contributed by atoms with Crippen molar-refractivity contribution in [3.8, 4) is 0 Å². The van der Waals surface area contributed by atoms with Crippen LogP contribution in [0.1, 0.15) is 50.9 Å². The summed E-state index contributed by atoms with van der Waals surface area (Å²) in [4.78, 5) is 37.8. The highest BCUT2D eigenvalue weighted by molar-refractivity contribution is 5.92. The van der Waals surface area contributed by atoms with E-state index in [1.807, 2.05) is 32.9 Å². The van der Waals surface area contributed by atoms with Gasteiger partial charge in [0.1, 0.15) is 0 Å². The number of hydrogen-bond donors (Lipinski definition) is 2. The molecule has 1 aliphatic rings. The molecule has 0 bridgehead atoms. The summed E-state index contributed by atoms with van der Waals surface area (Å²) in [6.45, 7) is 8.57. The Bertz CT molecular complexity index is 694. The number of piperidine rings is 1. The maximum Gasteiger partial charge on any atom is 0.338 e. The monoisotopic (exact) mass is 375 g/mol. The summed E-state index contributed by atoms with van der Waals surface area (Å²) in [5.41, 5.74) is 6.33. The Morgan fingerprint density at radius 2 is 1.85 bits per heavy atom. The lowest BCUT2D eigenvalue weighted by atomic mass is 9.97. The lowest BCUT2D eigenvalue weighted by Crippen LogP contribution is -2.46. The second kappa shape index (κ2) is 8.41. The van der Waals surface area contributed by atoms with E-state index in [4.69, 9.17) is 10.5 Å². The number of carbonyl (C=O) groups is 3. The fraction of sp³-hybridized carbons (Fsp3) is 0.550. The van der Waals surface area contributed by atoms with E-state index >= 15 is 0 Å². The van der Waals surface area contributed by atoms with Crippen molar-refractivity contribution in [2.24, 2.45) is 11.7 Å². The van der Waals surface area contributed by atoms with Gasteiger partial charge in [-0.2, -0.15) is 0 Å². The van der Waals surface area contributed by atoms with Crippen LogP contribution < -0.4 is 16.0 Å². The average molecular weight is 375 g/mol. The summed E-state index contributed by atoms with van der Waals surface area (Å²) in [6, 6.07) is 6.97. The summed E-state index contributed by atoms with van der Waals surface area (Å²) in [7, 11) is 0. The zero-order chi connectivity index (χ0) is 20.2. The van der Waals surface area contributed by atoms with Crippen LogP contribution in [0.3, 0.4) is 0 Å². The number of hydrogen-bond acceptors (Lipinski definition) is 5. The van der Waals surface area contributed by atoms with Gasteiger partial charge in [0.25, 0.3) is 5.91 Å². The molecule has 2 atom stereocenters. The third kappa shape index (κ3) is 5.98. The maximum absolute atomic E-state index is 12.3. The first-order chi connectivity index (χ1) is 12.6. The lowest BCUT2D eigenvalue weighted by molar-refractivity contribution is -0.130. The van der Waals surface area contributed by atoms with Crippen molar-refractivity contribution >= 4 is 23.5 Å². The number of nitrogens with two attached hydrogens (primary N) is 1. The molecule has 0 saturated carbocycles. The number of carbonyl (C=O) groups excluding carboxylic acids is 3. The van der Waals surface area contributed by atoms with Gasteiger partial charge in [-0.15, -0.1) is 0 Å². The zero-order valence-electron chi connectivity index (χ0n) is 16.5. The minimum absolute atomic E-state index is 0.148. The largest absolute Gasteiger partial charge is 0.449 e. The highest BCUT2D eigenvalue weighted by Gasteiger charge is 2.25. The molecule has 0 unspecified atom stereocenters. The van der Waals surface area contributed by atoms with Gasteiger partial charge in [-0.3, -0.25) is 9.59 Å². The molecule has 7 nitrogen and oxygen atoms in total. The molecule has 3 N–H and O–H groups in total. The van der Waals surface area contributed by atoms with Crippen LogP contribution in [0.25, 0.3) is 0 Å². The Balaban J connectivity index is 1.97. The highest BCUT2D eigenvalue weighted by Crippen LogP contribution is 2.23. The van der Waals surface area contributed by atoms with E-state index in [1.165, 1.54) is 0 Å². The molecule has 0 spiro atoms.